The first-order valence-electron chi connectivity index (χ1n) is 8.09. The number of furan rings is 1. The number of ether oxygens (including phenoxy) is 1. The smallest absolute Gasteiger partial charge is 0.410 e. The quantitative estimate of drug-likeness (QED) is 0.806. The third-order valence-electron chi connectivity index (χ3n) is 3.85. The Bertz CT molecular complexity index is 719. The Hall–Kier alpha value is -2.50. The number of rotatable bonds is 1. The molecule has 24 heavy (non-hydrogen) atoms. The number of hydrogen-bond donors (Lipinski definition) is 0. The van der Waals surface area contributed by atoms with Crippen molar-refractivity contribution in [1.82, 2.24) is 9.80 Å². The van der Waals surface area contributed by atoms with Crippen LogP contribution in [-0.4, -0.2) is 53.6 Å². The number of nitrogens with zero attached hydrogens (tertiary/aromatic N) is 2. The molecule has 0 spiro atoms. The Balaban J connectivity index is 1.62. The van der Waals surface area contributed by atoms with Gasteiger partial charge in [0.2, 0.25) is 0 Å². The van der Waals surface area contributed by atoms with Crippen molar-refractivity contribution < 1.29 is 18.7 Å². The second-order valence-electron chi connectivity index (χ2n) is 6.91. The normalized spacial score (nSPS) is 15.6. The summed E-state index contributed by atoms with van der Waals surface area (Å²) >= 11 is 0. The predicted octanol–water partition coefficient (Wildman–Crippen LogP) is 3.13. The molecule has 1 aromatic heterocycles. The fourth-order valence-corrected chi connectivity index (χ4v) is 2.66. The van der Waals surface area contributed by atoms with Gasteiger partial charge in [-0.25, -0.2) is 4.79 Å². The van der Waals surface area contributed by atoms with Crippen LogP contribution in [0.1, 0.15) is 31.3 Å². The van der Waals surface area contributed by atoms with Gasteiger partial charge in [-0.3, -0.25) is 4.79 Å². The van der Waals surface area contributed by atoms with Gasteiger partial charge in [0.05, 0.1) is 0 Å². The van der Waals surface area contributed by atoms with Crippen LogP contribution in [0.4, 0.5) is 4.79 Å². The maximum Gasteiger partial charge on any atom is 0.410 e. The van der Waals surface area contributed by atoms with Crippen LogP contribution in [0.25, 0.3) is 11.0 Å². The standard InChI is InChI=1S/C18H22N2O4/c1-18(2,3)24-17(22)20-10-8-19(9-11-20)16(21)15-12-13-6-4-5-7-14(13)23-15/h4-7,12H,8-11H2,1-3H3. The second kappa shape index (κ2) is 6.19. The lowest BCUT2D eigenvalue weighted by atomic mass is 10.2. The number of piperazine rings is 1. The molecule has 1 aliphatic heterocycles. The SMILES string of the molecule is CC(C)(C)OC(=O)N1CCN(C(=O)c2cc3ccccc3o2)CC1. The first-order valence-corrected chi connectivity index (χ1v) is 8.09. The first kappa shape index (κ1) is 16.4. The third kappa shape index (κ3) is 3.53. The van der Waals surface area contributed by atoms with E-state index >= 15 is 0 Å². The molecule has 0 aliphatic carbocycles. The van der Waals surface area contributed by atoms with E-state index in [9.17, 15) is 9.59 Å². The zero-order valence-corrected chi connectivity index (χ0v) is 14.2. The summed E-state index contributed by atoms with van der Waals surface area (Å²) in [5.74, 6) is 0.192. The van der Waals surface area contributed by atoms with Crippen molar-refractivity contribution in [3.8, 4) is 0 Å². The summed E-state index contributed by atoms with van der Waals surface area (Å²) in [7, 11) is 0. The van der Waals surface area contributed by atoms with Crippen LogP contribution in [0.5, 0.6) is 0 Å². The highest BCUT2D eigenvalue weighted by molar-refractivity contribution is 5.96. The summed E-state index contributed by atoms with van der Waals surface area (Å²) in [6, 6.07) is 9.30. The van der Waals surface area contributed by atoms with Crippen molar-refractivity contribution >= 4 is 23.0 Å². The summed E-state index contributed by atoms with van der Waals surface area (Å²) in [6.45, 7) is 7.37. The van der Waals surface area contributed by atoms with Crippen LogP contribution in [0.15, 0.2) is 34.7 Å². The van der Waals surface area contributed by atoms with E-state index in [1.54, 1.807) is 15.9 Å². The van der Waals surface area contributed by atoms with Crippen LogP contribution in [0.2, 0.25) is 0 Å². The topological polar surface area (TPSA) is 63.0 Å². The molecule has 1 aromatic carbocycles. The Morgan fingerprint density at radius 3 is 2.29 bits per heavy atom. The summed E-state index contributed by atoms with van der Waals surface area (Å²) in [4.78, 5) is 28.0. The monoisotopic (exact) mass is 330 g/mol. The minimum atomic E-state index is -0.516. The number of fused-ring (bicyclic) bond motifs is 1. The highest BCUT2D eigenvalue weighted by Gasteiger charge is 2.29. The Labute approximate surface area is 141 Å². The fourth-order valence-electron chi connectivity index (χ4n) is 2.66. The summed E-state index contributed by atoms with van der Waals surface area (Å²) in [5, 5.41) is 0.910. The van der Waals surface area contributed by atoms with E-state index in [4.69, 9.17) is 9.15 Å². The number of amides is 2. The fraction of sp³-hybridized carbons (Fsp3) is 0.444. The van der Waals surface area contributed by atoms with Gasteiger partial charge in [-0.2, -0.15) is 0 Å². The molecule has 0 saturated carbocycles. The van der Waals surface area contributed by atoms with E-state index in [1.165, 1.54) is 0 Å². The minimum Gasteiger partial charge on any atom is -0.451 e. The van der Waals surface area contributed by atoms with Crippen molar-refractivity contribution in [1.29, 1.82) is 0 Å². The van der Waals surface area contributed by atoms with Crippen LogP contribution >= 0.6 is 0 Å². The third-order valence-corrected chi connectivity index (χ3v) is 3.85. The number of benzene rings is 1. The van der Waals surface area contributed by atoms with Gasteiger partial charge in [0.15, 0.2) is 5.76 Å². The molecular formula is C18H22N2O4. The van der Waals surface area contributed by atoms with Crippen LogP contribution < -0.4 is 0 Å². The predicted molar refractivity (Wildman–Crippen MR) is 89.9 cm³/mol. The van der Waals surface area contributed by atoms with E-state index in [-0.39, 0.29) is 12.0 Å². The highest BCUT2D eigenvalue weighted by Crippen LogP contribution is 2.21. The van der Waals surface area contributed by atoms with Crippen molar-refractivity contribution in [3.63, 3.8) is 0 Å². The van der Waals surface area contributed by atoms with Gasteiger partial charge >= 0.3 is 6.09 Å². The number of carbonyl (C=O) groups excluding carboxylic acids is 2. The van der Waals surface area contributed by atoms with Crippen LogP contribution in [-0.2, 0) is 4.74 Å². The molecule has 1 aliphatic rings. The molecule has 0 N–H and O–H groups in total. The molecule has 6 nitrogen and oxygen atoms in total. The molecule has 2 amide bonds. The molecule has 0 bridgehead atoms. The largest absolute Gasteiger partial charge is 0.451 e. The van der Waals surface area contributed by atoms with Gasteiger partial charge in [0.25, 0.3) is 5.91 Å². The number of hydrogen-bond acceptors (Lipinski definition) is 4. The number of para-hydroxylation sites is 1. The van der Waals surface area contributed by atoms with Gasteiger partial charge in [0.1, 0.15) is 11.2 Å². The average molecular weight is 330 g/mol. The van der Waals surface area contributed by atoms with Crippen molar-refractivity contribution in [2.75, 3.05) is 26.2 Å². The highest BCUT2D eigenvalue weighted by atomic mass is 16.6. The lowest BCUT2D eigenvalue weighted by Gasteiger charge is -2.35. The van der Waals surface area contributed by atoms with Crippen LogP contribution in [0.3, 0.4) is 0 Å². The van der Waals surface area contributed by atoms with Gasteiger partial charge in [0, 0.05) is 31.6 Å². The first-order chi connectivity index (χ1) is 11.3. The molecule has 3 rings (SSSR count). The van der Waals surface area contributed by atoms with E-state index in [0.717, 1.165) is 5.39 Å². The Morgan fingerprint density at radius 1 is 1.04 bits per heavy atom. The average Bonchev–Trinajstić information content (AvgIpc) is 2.96. The van der Waals surface area contributed by atoms with Gasteiger partial charge < -0.3 is 19.0 Å². The molecule has 0 unspecified atom stereocenters. The summed E-state index contributed by atoms with van der Waals surface area (Å²) in [5.41, 5.74) is 0.187. The van der Waals surface area contributed by atoms with Gasteiger partial charge in [-0.05, 0) is 32.9 Å². The maximum absolute atomic E-state index is 12.6. The Morgan fingerprint density at radius 2 is 1.67 bits per heavy atom. The van der Waals surface area contributed by atoms with E-state index in [1.807, 2.05) is 45.0 Å². The second-order valence-corrected chi connectivity index (χ2v) is 6.91. The molecule has 1 fully saturated rings. The van der Waals surface area contributed by atoms with E-state index in [2.05, 4.69) is 0 Å². The van der Waals surface area contributed by atoms with Crippen molar-refractivity contribution in [2.45, 2.75) is 26.4 Å². The van der Waals surface area contributed by atoms with Gasteiger partial charge in [-0.15, -0.1) is 0 Å². The maximum atomic E-state index is 12.6. The molecule has 6 heteroatoms. The zero-order valence-electron chi connectivity index (χ0n) is 14.2. The molecule has 128 valence electrons. The molecule has 0 radical (unpaired) electrons. The van der Waals surface area contributed by atoms with E-state index in [0.29, 0.717) is 37.5 Å². The summed E-state index contributed by atoms with van der Waals surface area (Å²) in [6.07, 6.45) is -0.335. The lowest BCUT2D eigenvalue weighted by molar-refractivity contribution is 0.0137. The van der Waals surface area contributed by atoms with E-state index < -0.39 is 5.60 Å². The molecule has 1 saturated heterocycles. The summed E-state index contributed by atoms with van der Waals surface area (Å²) < 4.78 is 11.0. The Kier molecular flexibility index (Phi) is 4.22. The zero-order chi connectivity index (χ0) is 17.3. The van der Waals surface area contributed by atoms with Crippen molar-refractivity contribution in [3.05, 3.63) is 36.1 Å². The molecule has 2 heterocycles. The number of carbonyl (C=O) groups is 2. The van der Waals surface area contributed by atoms with Crippen LogP contribution in [0, 0.1) is 0 Å². The lowest BCUT2D eigenvalue weighted by Crippen LogP contribution is -2.51. The van der Waals surface area contributed by atoms with Gasteiger partial charge in [-0.1, -0.05) is 18.2 Å². The van der Waals surface area contributed by atoms with Crippen molar-refractivity contribution in [2.24, 2.45) is 0 Å². The molecule has 2 aromatic rings. The molecular weight excluding hydrogens is 308 g/mol. The molecule has 0 atom stereocenters. The minimum absolute atomic E-state index is 0.143.